The second-order valence-corrected chi connectivity index (χ2v) is 8.48. The molecule has 0 saturated heterocycles. The molecule has 2 aromatic rings. The lowest BCUT2D eigenvalue weighted by Crippen LogP contribution is -2.30. The predicted octanol–water partition coefficient (Wildman–Crippen LogP) is 2.78. The molecule has 0 unspecified atom stereocenters. The van der Waals surface area contributed by atoms with E-state index in [0.717, 1.165) is 5.56 Å². The van der Waals surface area contributed by atoms with Gasteiger partial charge in [-0.15, -0.1) is 0 Å². The number of hydrogen-bond donors (Lipinski definition) is 2. The molecule has 0 aliphatic carbocycles. The van der Waals surface area contributed by atoms with E-state index in [0.29, 0.717) is 24.3 Å². The van der Waals surface area contributed by atoms with Crippen molar-refractivity contribution in [1.82, 2.24) is 9.62 Å². The summed E-state index contributed by atoms with van der Waals surface area (Å²) in [6.07, 6.45) is 0.108. The Kier molecular flexibility index (Phi) is 7.92. The zero-order valence-electron chi connectivity index (χ0n) is 16.9. The van der Waals surface area contributed by atoms with Gasteiger partial charge in [-0.25, -0.2) is 8.42 Å². The van der Waals surface area contributed by atoms with Gasteiger partial charge in [0.05, 0.1) is 4.90 Å². The smallest absolute Gasteiger partial charge is 0.251 e. The first kappa shape index (κ1) is 22.6. The zero-order valence-corrected chi connectivity index (χ0v) is 17.8. The Hall–Kier alpha value is -2.71. The van der Waals surface area contributed by atoms with Crippen LogP contribution in [0.3, 0.4) is 0 Å². The molecule has 0 fully saturated rings. The SMILES string of the molecule is CCN(CC)S(=O)(=O)c1ccc(NC(=O)CCNC(=O)c2cccc(C)c2)cc1. The maximum absolute atomic E-state index is 12.5. The van der Waals surface area contributed by atoms with Crippen LogP contribution in [0.5, 0.6) is 0 Å². The fourth-order valence-corrected chi connectivity index (χ4v) is 4.28. The molecule has 2 amide bonds. The van der Waals surface area contributed by atoms with Crippen LogP contribution in [0.1, 0.15) is 36.2 Å². The number of nitrogens with zero attached hydrogens (tertiary/aromatic N) is 1. The van der Waals surface area contributed by atoms with Crippen molar-refractivity contribution < 1.29 is 18.0 Å². The highest BCUT2D eigenvalue weighted by Gasteiger charge is 2.21. The topological polar surface area (TPSA) is 95.6 Å². The van der Waals surface area contributed by atoms with Gasteiger partial charge >= 0.3 is 0 Å². The van der Waals surface area contributed by atoms with Gasteiger partial charge < -0.3 is 10.6 Å². The maximum Gasteiger partial charge on any atom is 0.251 e. The molecule has 0 spiro atoms. The van der Waals surface area contributed by atoms with Crippen LogP contribution in [-0.4, -0.2) is 44.2 Å². The van der Waals surface area contributed by atoms with Gasteiger partial charge in [0.25, 0.3) is 5.91 Å². The number of carbonyl (C=O) groups is 2. The van der Waals surface area contributed by atoms with E-state index >= 15 is 0 Å². The highest BCUT2D eigenvalue weighted by Crippen LogP contribution is 2.18. The molecular formula is C21H27N3O4S. The first-order valence-electron chi connectivity index (χ1n) is 9.52. The summed E-state index contributed by atoms with van der Waals surface area (Å²) in [4.78, 5) is 24.3. The second kappa shape index (κ2) is 10.2. The Morgan fingerprint density at radius 2 is 1.66 bits per heavy atom. The van der Waals surface area contributed by atoms with Crippen LogP contribution in [0.2, 0.25) is 0 Å². The molecule has 156 valence electrons. The minimum Gasteiger partial charge on any atom is -0.352 e. The van der Waals surface area contributed by atoms with Crippen molar-refractivity contribution in [3.8, 4) is 0 Å². The van der Waals surface area contributed by atoms with Crippen molar-refractivity contribution >= 4 is 27.5 Å². The van der Waals surface area contributed by atoms with Crippen LogP contribution in [0.4, 0.5) is 5.69 Å². The van der Waals surface area contributed by atoms with E-state index in [4.69, 9.17) is 0 Å². The van der Waals surface area contributed by atoms with E-state index in [1.54, 1.807) is 44.2 Å². The zero-order chi connectivity index (χ0) is 21.4. The lowest BCUT2D eigenvalue weighted by atomic mass is 10.1. The van der Waals surface area contributed by atoms with Gasteiger partial charge in [-0.3, -0.25) is 9.59 Å². The molecule has 0 bridgehead atoms. The molecule has 0 atom stereocenters. The third kappa shape index (κ3) is 6.13. The summed E-state index contributed by atoms with van der Waals surface area (Å²) in [6, 6.07) is 13.3. The van der Waals surface area contributed by atoms with Gasteiger partial charge in [0, 0.05) is 37.3 Å². The molecule has 0 heterocycles. The summed E-state index contributed by atoms with van der Waals surface area (Å²) in [5.74, 6) is -0.499. The van der Waals surface area contributed by atoms with Crippen LogP contribution >= 0.6 is 0 Å². The predicted molar refractivity (Wildman–Crippen MR) is 113 cm³/mol. The largest absolute Gasteiger partial charge is 0.352 e. The first-order valence-corrected chi connectivity index (χ1v) is 11.0. The number of hydrogen-bond acceptors (Lipinski definition) is 4. The summed E-state index contributed by atoms with van der Waals surface area (Å²) >= 11 is 0. The highest BCUT2D eigenvalue weighted by molar-refractivity contribution is 7.89. The van der Waals surface area contributed by atoms with E-state index in [1.807, 2.05) is 13.0 Å². The number of anilines is 1. The van der Waals surface area contributed by atoms with Crippen molar-refractivity contribution in [2.75, 3.05) is 25.0 Å². The number of carbonyl (C=O) groups excluding carboxylic acids is 2. The molecule has 0 saturated carbocycles. The molecule has 0 aliphatic heterocycles. The van der Waals surface area contributed by atoms with Crippen LogP contribution in [-0.2, 0) is 14.8 Å². The van der Waals surface area contributed by atoms with Gasteiger partial charge in [-0.05, 0) is 43.3 Å². The third-order valence-corrected chi connectivity index (χ3v) is 6.46. The van der Waals surface area contributed by atoms with Crippen LogP contribution in [0.15, 0.2) is 53.4 Å². The van der Waals surface area contributed by atoms with Gasteiger partial charge in [-0.1, -0.05) is 31.5 Å². The quantitative estimate of drug-likeness (QED) is 0.656. The number of sulfonamides is 1. The van der Waals surface area contributed by atoms with Crippen molar-refractivity contribution in [2.45, 2.75) is 32.1 Å². The normalized spacial score (nSPS) is 11.3. The molecule has 29 heavy (non-hydrogen) atoms. The van der Waals surface area contributed by atoms with E-state index in [1.165, 1.54) is 16.4 Å². The van der Waals surface area contributed by atoms with E-state index in [-0.39, 0.29) is 29.7 Å². The lowest BCUT2D eigenvalue weighted by Gasteiger charge is -2.18. The van der Waals surface area contributed by atoms with Crippen LogP contribution in [0, 0.1) is 6.92 Å². The van der Waals surface area contributed by atoms with Gasteiger partial charge in [0.2, 0.25) is 15.9 Å². The molecule has 2 N–H and O–H groups in total. The highest BCUT2D eigenvalue weighted by atomic mass is 32.2. The number of benzene rings is 2. The number of nitrogens with one attached hydrogen (secondary N) is 2. The Morgan fingerprint density at radius 3 is 2.24 bits per heavy atom. The second-order valence-electron chi connectivity index (χ2n) is 6.54. The fourth-order valence-electron chi connectivity index (χ4n) is 2.82. The third-order valence-electron chi connectivity index (χ3n) is 4.40. The summed E-state index contributed by atoms with van der Waals surface area (Å²) in [7, 11) is -3.53. The van der Waals surface area contributed by atoms with Gasteiger partial charge in [0.1, 0.15) is 0 Å². The lowest BCUT2D eigenvalue weighted by molar-refractivity contribution is -0.116. The molecule has 2 rings (SSSR count). The van der Waals surface area contributed by atoms with Crippen molar-refractivity contribution in [3.63, 3.8) is 0 Å². The molecule has 2 aromatic carbocycles. The molecule has 7 nitrogen and oxygen atoms in total. The van der Waals surface area contributed by atoms with Crippen molar-refractivity contribution in [3.05, 3.63) is 59.7 Å². The van der Waals surface area contributed by atoms with Gasteiger partial charge in [0.15, 0.2) is 0 Å². The van der Waals surface area contributed by atoms with Crippen molar-refractivity contribution in [1.29, 1.82) is 0 Å². The monoisotopic (exact) mass is 417 g/mol. The maximum atomic E-state index is 12.5. The Morgan fingerprint density at radius 1 is 1.00 bits per heavy atom. The van der Waals surface area contributed by atoms with E-state index in [9.17, 15) is 18.0 Å². The summed E-state index contributed by atoms with van der Waals surface area (Å²) in [5.41, 5.74) is 2.04. The summed E-state index contributed by atoms with van der Waals surface area (Å²) < 4.78 is 26.3. The molecule has 0 radical (unpaired) electrons. The Bertz CT molecular complexity index is 952. The Labute approximate surface area is 172 Å². The molecular weight excluding hydrogens is 390 g/mol. The fraction of sp³-hybridized carbons (Fsp3) is 0.333. The average molecular weight is 418 g/mol. The average Bonchev–Trinajstić information content (AvgIpc) is 2.69. The van der Waals surface area contributed by atoms with Crippen molar-refractivity contribution in [2.24, 2.45) is 0 Å². The molecule has 0 aliphatic rings. The minimum absolute atomic E-state index is 0.108. The summed E-state index contributed by atoms with van der Waals surface area (Å²) in [5, 5.41) is 5.41. The number of aryl methyl sites for hydroxylation is 1. The van der Waals surface area contributed by atoms with Crippen LogP contribution < -0.4 is 10.6 Å². The van der Waals surface area contributed by atoms with Crippen LogP contribution in [0.25, 0.3) is 0 Å². The summed E-state index contributed by atoms with van der Waals surface area (Å²) in [6.45, 7) is 6.47. The standard InChI is InChI=1S/C21H27N3O4S/c1-4-24(5-2)29(27,28)19-11-9-18(10-12-19)23-20(25)13-14-22-21(26)17-8-6-7-16(3)15-17/h6-12,15H,4-5,13-14H2,1-3H3,(H,22,26)(H,23,25). The first-order chi connectivity index (χ1) is 13.8. The molecule has 0 aromatic heterocycles. The van der Waals surface area contributed by atoms with E-state index in [2.05, 4.69) is 10.6 Å². The van der Waals surface area contributed by atoms with E-state index < -0.39 is 10.0 Å². The number of amides is 2. The minimum atomic E-state index is -3.53. The Balaban J connectivity index is 1.87. The molecule has 8 heteroatoms. The number of rotatable bonds is 9. The van der Waals surface area contributed by atoms with Gasteiger partial charge in [-0.2, -0.15) is 4.31 Å².